The highest BCUT2D eigenvalue weighted by molar-refractivity contribution is 5.79. The number of amides is 2. The van der Waals surface area contributed by atoms with Gasteiger partial charge in [-0.25, -0.2) is 4.79 Å². The van der Waals surface area contributed by atoms with Crippen LogP contribution in [0.25, 0.3) is 0 Å². The molecule has 2 unspecified atom stereocenters. The number of urea groups is 1. The lowest BCUT2D eigenvalue weighted by atomic mass is 9.69. The fourth-order valence-electron chi connectivity index (χ4n) is 3.83. The molecule has 5 nitrogen and oxygen atoms in total. The Labute approximate surface area is 113 Å². The summed E-state index contributed by atoms with van der Waals surface area (Å²) in [6.07, 6.45) is 6.12. The first-order chi connectivity index (χ1) is 9.11. The van der Waals surface area contributed by atoms with Crippen LogP contribution < -0.4 is 5.32 Å². The molecule has 0 spiro atoms. The van der Waals surface area contributed by atoms with Gasteiger partial charge in [0.1, 0.15) is 0 Å². The Morgan fingerprint density at radius 3 is 2.26 bits per heavy atom. The lowest BCUT2D eigenvalue weighted by molar-refractivity contribution is -0.153. The van der Waals surface area contributed by atoms with Crippen molar-refractivity contribution in [2.75, 3.05) is 19.6 Å². The molecule has 0 aromatic rings. The number of carbonyl (C=O) groups is 2. The molecule has 3 fully saturated rings. The second-order valence-corrected chi connectivity index (χ2v) is 6.45. The Kier molecular flexibility index (Phi) is 3.15. The average molecular weight is 266 g/mol. The van der Waals surface area contributed by atoms with Gasteiger partial charge in [-0.1, -0.05) is 12.8 Å². The molecule has 5 heteroatoms. The van der Waals surface area contributed by atoms with Crippen LogP contribution in [0.1, 0.15) is 38.5 Å². The van der Waals surface area contributed by atoms with E-state index in [1.54, 1.807) is 0 Å². The van der Waals surface area contributed by atoms with Gasteiger partial charge in [-0.15, -0.1) is 0 Å². The lowest BCUT2D eigenvalue weighted by Gasteiger charge is -2.38. The van der Waals surface area contributed by atoms with Gasteiger partial charge in [0, 0.05) is 19.6 Å². The number of fused-ring (bicyclic) bond motifs is 1. The minimum Gasteiger partial charge on any atom is -0.481 e. The molecule has 0 radical (unpaired) electrons. The predicted molar refractivity (Wildman–Crippen MR) is 69.7 cm³/mol. The summed E-state index contributed by atoms with van der Waals surface area (Å²) in [6, 6.07) is -0.0677. The quantitative estimate of drug-likeness (QED) is 0.816. The van der Waals surface area contributed by atoms with Crippen molar-refractivity contribution >= 4 is 12.0 Å². The van der Waals surface area contributed by atoms with E-state index in [1.807, 2.05) is 4.90 Å². The minimum atomic E-state index is -0.766. The van der Waals surface area contributed by atoms with Crippen LogP contribution in [-0.2, 0) is 4.79 Å². The van der Waals surface area contributed by atoms with Crippen LogP contribution in [-0.4, -0.2) is 41.6 Å². The Balaban J connectivity index is 1.51. The van der Waals surface area contributed by atoms with E-state index in [1.165, 1.54) is 19.3 Å². The Morgan fingerprint density at radius 1 is 1.16 bits per heavy atom. The number of carbonyl (C=O) groups excluding carboxylic acids is 1. The van der Waals surface area contributed by atoms with E-state index >= 15 is 0 Å². The third kappa shape index (κ3) is 2.19. The summed E-state index contributed by atoms with van der Waals surface area (Å²) in [5, 5.41) is 12.1. The van der Waals surface area contributed by atoms with E-state index in [0.29, 0.717) is 24.7 Å². The molecule has 2 saturated carbocycles. The van der Waals surface area contributed by atoms with E-state index in [0.717, 1.165) is 19.5 Å². The molecule has 0 aromatic carbocycles. The molecule has 1 saturated heterocycles. The summed E-state index contributed by atoms with van der Waals surface area (Å²) in [5.74, 6) is 0.600. The fraction of sp³-hybridized carbons (Fsp3) is 0.857. The number of carboxylic acid groups (broad SMARTS) is 1. The normalized spacial score (nSPS) is 31.7. The van der Waals surface area contributed by atoms with Crippen LogP contribution in [0.2, 0.25) is 0 Å². The number of likely N-dealkylation sites (tertiary alicyclic amines) is 1. The van der Waals surface area contributed by atoms with Crippen LogP contribution in [0.3, 0.4) is 0 Å². The van der Waals surface area contributed by atoms with Gasteiger partial charge in [0.05, 0.1) is 5.41 Å². The summed E-state index contributed by atoms with van der Waals surface area (Å²) < 4.78 is 0. The topological polar surface area (TPSA) is 69.6 Å². The van der Waals surface area contributed by atoms with Crippen molar-refractivity contribution in [2.45, 2.75) is 38.5 Å². The maximum Gasteiger partial charge on any atom is 0.317 e. The van der Waals surface area contributed by atoms with Crippen LogP contribution in [0.5, 0.6) is 0 Å². The van der Waals surface area contributed by atoms with Crippen LogP contribution in [0, 0.1) is 17.3 Å². The zero-order chi connectivity index (χ0) is 13.5. The van der Waals surface area contributed by atoms with Crippen molar-refractivity contribution in [3.05, 3.63) is 0 Å². The van der Waals surface area contributed by atoms with Crippen LogP contribution >= 0.6 is 0 Å². The smallest absolute Gasteiger partial charge is 0.317 e. The lowest BCUT2D eigenvalue weighted by Crippen LogP contribution is -2.50. The summed E-state index contributed by atoms with van der Waals surface area (Å²) in [6.45, 7) is 2.00. The molecule has 19 heavy (non-hydrogen) atoms. The van der Waals surface area contributed by atoms with Gasteiger partial charge in [-0.05, 0) is 37.5 Å². The number of carboxylic acids is 1. The Bertz CT molecular complexity index is 380. The molecule has 1 heterocycles. The van der Waals surface area contributed by atoms with E-state index in [2.05, 4.69) is 5.32 Å². The zero-order valence-corrected chi connectivity index (χ0v) is 11.2. The first-order valence-corrected chi connectivity index (χ1v) is 7.37. The highest BCUT2D eigenvalue weighted by Gasteiger charge is 2.45. The summed E-state index contributed by atoms with van der Waals surface area (Å²) in [4.78, 5) is 25.2. The monoisotopic (exact) mass is 266 g/mol. The fourth-order valence-corrected chi connectivity index (χ4v) is 3.83. The molecular weight excluding hydrogens is 244 g/mol. The van der Waals surface area contributed by atoms with Crippen molar-refractivity contribution in [1.29, 1.82) is 0 Å². The van der Waals surface area contributed by atoms with Crippen molar-refractivity contribution in [3.63, 3.8) is 0 Å². The van der Waals surface area contributed by atoms with Gasteiger partial charge < -0.3 is 15.3 Å². The minimum absolute atomic E-state index is 0.0677. The number of hydrogen-bond donors (Lipinski definition) is 2. The number of aliphatic carboxylic acids is 1. The molecular formula is C14H22N2O3. The maximum atomic E-state index is 12.1. The molecule has 0 aromatic heterocycles. The Hall–Kier alpha value is -1.26. The van der Waals surface area contributed by atoms with Gasteiger partial charge >= 0.3 is 12.0 Å². The predicted octanol–water partition coefficient (Wildman–Crippen LogP) is 1.68. The summed E-state index contributed by atoms with van der Waals surface area (Å²) >= 11 is 0. The van der Waals surface area contributed by atoms with E-state index in [4.69, 9.17) is 0 Å². The highest BCUT2D eigenvalue weighted by Crippen LogP contribution is 2.41. The van der Waals surface area contributed by atoms with Gasteiger partial charge in [0.2, 0.25) is 0 Å². The molecule has 106 valence electrons. The molecule has 2 aliphatic carbocycles. The van der Waals surface area contributed by atoms with Crippen LogP contribution in [0.15, 0.2) is 0 Å². The first-order valence-electron chi connectivity index (χ1n) is 7.37. The molecule has 1 aliphatic heterocycles. The zero-order valence-electron chi connectivity index (χ0n) is 11.2. The summed E-state index contributed by atoms with van der Waals surface area (Å²) in [5.41, 5.74) is -0.689. The number of hydrogen-bond acceptors (Lipinski definition) is 2. The van der Waals surface area contributed by atoms with E-state index < -0.39 is 11.4 Å². The van der Waals surface area contributed by atoms with Crippen LogP contribution in [0.4, 0.5) is 4.79 Å². The molecule has 2 amide bonds. The third-order valence-corrected chi connectivity index (χ3v) is 5.36. The largest absolute Gasteiger partial charge is 0.481 e. The third-order valence-electron chi connectivity index (χ3n) is 5.36. The highest BCUT2D eigenvalue weighted by atomic mass is 16.4. The van der Waals surface area contributed by atoms with Crippen molar-refractivity contribution in [3.8, 4) is 0 Å². The molecule has 2 atom stereocenters. The first kappa shape index (κ1) is 12.8. The second-order valence-electron chi connectivity index (χ2n) is 6.45. The molecule has 3 aliphatic rings. The van der Waals surface area contributed by atoms with E-state index in [-0.39, 0.29) is 12.6 Å². The average Bonchev–Trinajstić information content (AvgIpc) is 2.86. The van der Waals surface area contributed by atoms with Crippen molar-refractivity contribution in [1.82, 2.24) is 10.2 Å². The van der Waals surface area contributed by atoms with Crippen molar-refractivity contribution in [2.24, 2.45) is 17.3 Å². The van der Waals surface area contributed by atoms with Crippen molar-refractivity contribution < 1.29 is 14.7 Å². The SMILES string of the molecule is O=C(NCC1(C(=O)O)CCC1)N1CC2CCCC2C1. The van der Waals surface area contributed by atoms with Gasteiger partial charge in [0.25, 0.3) is 0 Å². The molecule has 0 bridgehead atoms. The number of nitrogens with one attached hydrogen (secondary N) is 1. The maximum absolute atomic E-state index is 12.1. The molecule has 3 rings (SSSR count). The summed E-state index contributed by atoms with van der Waals surface area (Å²) in [7, 11) is 0. The van der Waals surface area contributed by atoms with Gasteiger partial charge in [0.15, 0.2) is 0 Å². The number of nitrogens with zero attached hydrogens (tertiary/aromatic N) is 1. The van der Waals surface area contributed by atoms with E-state index in [9.17, 15) is 14.7 Å². The van der Waals surface area contributed by atoms with Gasteiger partial charge in [-0.2, -0.15) is 0 Å². The number of rotatable bonds is 3. The molecule has 2 N–H and O–H groups in total. The second kappa shape index (κ2) is 4.69. The standard InChI is InChI=1S/C14H22N2O3/c17-12(18)14(5-2-6-14)9-15-13(19)16-7-10-3-1-4-11(10)8-16/h10-11H,1-9H2,(H,15,19)(H,17,18). The van der Waals surface area contributed by atoms with Gasteiger partial charge in [-0.3, -0.25) is 4.79 Å². The Morgan fingerprint density at radius 2 is 1.79 bits per heavy atom.